The number of amides is 1. The number of hydrogen-bond donors (Lipinski definition) is 1. The fourth-order valence-corrected chi connectivity index (χ4v) is 2.09. The van der Waals surface area contributed by atoms with E-state index in [0.29, 0.717) is 12.1 Å². The maximum atomic E-state index is 13.2. The van der Waals surface area contributed by atoms with Crippen molar-refractivity contribution in [2.45, 2.75) is 19.1 Å². The van der Waals surface area contributed by atoms with E-state index in [0.717, 1.165) is 11.0 Å². The normalized spacial score (nSPS) is 19.8. The predicted octanol–water partition coefficient (Wildman–Crippen LogP) is 2.45. The molecule has 19 heavy (non-hydrogen) atoms. The summed E-state index contributed by atoms with van der Waals surface area (Å²) in [5.74, 6) is -1.88. The van der Waals surface area contributed by atoms with Gasteiger partial charge in [0.2, 0.25) is 0 Å². The van der Waals surface area contributed by atoms with Crippen molar-refractivity contribution in [3.05, 3.63) is 29.6 Å². The maximum Gasteiger partial charge on any atom is 0.419 e. The van der Waals surface area contributed by atoms with Gasteiger partial charge in [-0.1, -0.05) is 0 Å². The summed E-state index contributed by atoms with van der Waals surface area (Å²) in [5, 5.41) is 2.62. The number of benzene rings is 1. The van der Waals surface area contributed by atoms with E-state index in [1.807, 2.05) is 0 Å². The van der Waals surface area contributed by atoms with E-state index in [9.17, 15) is 22.4 Å². The van der Waals surface area contributed by atoms with Gasteiger partial charge in [0, 0.05) is 0 Å². The van der Waals surface area contributed by atoms with E-state index in [-0.39, 0.29) is 10.8 Å². The summed E-state index contributed by atoms with van der Waals surface area (Å²) in [7, 11) is 0. The van der Waals surface area contributed by atoms with Crippen LogP contribution in [-0.2, 0) is 11.0 Å². The van der Waals surface area contributed by atoms with Gasteiger partial charge in [0.1, 0.15) is 11.9 Å². The molecule has 1 N–H and O–H groups in total. The van der Waals surface area contributed by atoms with E-state index in [1.54, 1.807) is 0 Å². The lowest BCUT2D eigenvalue weighted by Crippen LogP contribution is -2.31. The van der Waals surface area contributed by atoms with Gasteiger partial charge in [0.15, 0.2) is 5.11 Å². The monoisotopic (exact) mass is 292 g/mol. The second-order valence-corrected chi connectivity index (χ2v) is 4.39. The molecule has 8 heteroatoms. The van der Waals surface area contributed by atoms with Crippen LogP contribution in [-0.4, -0.2) is 17.1 Å². The summed E-state index contributed by atoms with van der Waals surface area (Å²) in [6.07, 6.45) is -4.83. The molecule has 1 amide bonds. The SMILES string of the molecule is CC1NC(=S)N(c2ccc(F)c(C(F)(F)F)c2)C1=O. The minimum absolute atomic E-state index is 0.00256. The summed E-state index contributed by atoms with van der Waals surface area (Å²) in [4.78, 5) is 12.7. The Morgan fingerprint density at radius 2 is 2.00 bits per heavy atom. The molecule has 3 nitrogen and oxygen atoms in total. The fourth-order valence-electron chi connectivity index (χ4n) is 1.72. The molecule has 0 radical (unpaired) electrons. The molecule has 1 atom stereocenters. The summed E-state index contributed by atoms with van der Waals surface area (Å²) in [6.45, 7) is 1.53. The van der Waals surface area contributed by atoms with Gasteiger partial charge >= 0.3 is 6.18 Å². The van der Waals surface area contributed by atoms with Gasteiger partial charge in [-0.3, -0.25) is 9.69 Å². The highest BCUT2D eigenvalue weighted by Crippen LogP contribution is 2.34. The van der Waals surface area contributed by atoms with Gasteiger partial charge in [0.05, 0.1) is 11.3 Å². The minimum atomic E-state index is -4.83. The molecule has 1 aliphatic heterocycles. The van der Waals surface area contributed by atoms with Crippen LogP contribution < -0.4 is 10.2 Å². The number of thiocarbonyl (C=S) groups is 1. The molecular formula is C11H8F4N2OS. The topological polar surface area (TPSA) is 32.3 Å². The third-order valence-corrected chi connectivity index (χ3v) is 2.95. The molecule has 1 aromatic carbocycles. The van der Waals surface area contributed by atoms with Crippen LogP contribution in [0.4, 0.5) is 23.2 Å². The van der Waals surface area contributed by atoms with E-state index < -0.39 is 29.5 Å². The van der Waals surface area contributed by atoms with Crippen LogP contribution in [0, 0.1) is 5.82 Å². The molecule has 0 spiro atoms. The van der Waals surface area contributed by atoms with Crippen molar-refractivity contribution in [1.29, 1.82) is 0 Å². The zero-order valence-corrected chi connectivity index (χ0v) is 10.4. The molecule has 0 aromatic heterocycles. The molecule has 0 saturated carbocycles. The molecule has 0 aliphatic carbocycles. The number of carbonyl (C=O) groups is 1. The summed E-state index contributed by atoms with van der Waals surface area (Å²) >= 11 is 4.87. The Labute approximate surface area is 111 Å². The molecule has 0 bridgehead atoms. The highest BCUT2D eigenvalue weighted by molar-refractivity contribution is 7.80. The lowest BCUT2D eigenvalue weighted by Gasteiger charge is -2.17. The lowest BCUT2D eigenvalue weighted by molar-refractivity contribution is -0.140. The van der Waals surface area contributed by atoms with Crippen LogP contribution in [0.25, 0.3) is 0 Å². The van der Waals surface area contributed by atoms with E-state index in [1.165, 1.54) is 6.92 Å². The van der Waals surface area contributed by atoms with Crippen molar-refractivity contribution in [2.24, 2.45) is 0 Å². The standard InChI is InChI=1S/C11H8F4N2OS/c1-5-9(18)17(10(19)16-5)6-2-3-8(12)7(4-6)11(13,14)15/h2-5H,1H3,(H,16,19). The Kier molecular flexibility index (Phi) is 3.21. The van der Waals surface area contributed by atoms with Crippen LogP contribution in [0.3, 0.4) is 0 Å². The van der Waals surface area contributed by atoms with Gasteiger partial charge in [0.25, 0.3) is 5.91 Å². The van der Waals surface area contributed by atoms with Crippen molar-refractivity contribution < 1.29 is 22.4 Å². The number of anilines is 1. The minimum Gasteiger partial charge on any atom is -0.350 e. The molecule has 1 fully saturated rings. The largest absolute Gasteiger partial charge is 0.419 e. The number of halogens is 4. The quantitative estimate of drug-likeness (QED) is 0.637. The van der Waals surface area contributed by atoms with Crippen LogP contribution in [0.5, 0.6) is 0 Å². The molecule has 1 aliphatic rings. The Hall–Kier alpha value is -1.70. The van der Waals surface area contributed by atoms with Crippen molar-refractivity contribution in [3.63, 3.8) is 0 Å². The average molecular weight is 292 g/mol. The van der Waals surface area contributed by atoms with Crippen LogP contribution in [0.1, 0.15) is 12.5 Å². The first-order chi connectivity index (χ1) is 8.71. The second kappa shape index (κ2) is 4.44. The number of nitrogens with one attached hydrogen (secondary N) is 1. The molecule has 2 rings (SSSR count). The number of hydrogen-bond acceptors (Lipinski definition) is 2. The lowest BCUT2D eigenvalue weighted by atomic mass is 10.1. The van der Waals surface area contributed by atoms with E-state index in [4.69, 9.17) is 12.2 Å². The number of carbonyl (C=O) groups excluding carboxylic acids is 1. The predicted molar refractivity (Wildman–Crippen MR) is 64.1 cm³/mol. The first-order valence-corrected chi connectivity index (χ1v) is 5.64. The third kappa shape index (κ3) is 2.40. The highest BCUT2D eigenvalue weighted by Gasteiger charge is 2.37. The number of alkyl halides is 3. The number of rotatable bonds is 1. The van der Waals surface area contributed by atoms with E-state index in [2.05, 4.69) is 5.32 Å². The summed E-state index contributed by atoms with van der Waals surface area (Å²) < 4.78 is 50.9. The summed E-state index contributed by atoms with van der Waals surface area (Å²) in [5.41, 5.74) is -1.54. The van der Waals surface area contributed by atoms with Crippen molar-refractivity contribution in [2.75, 3.05) is 4.90 Å². The molecule has 1 aromatic rings. The first kappa shape index (κ1) is 13.7. The average Bonchev–Trinajstić information content (AvgIpc) is 2.53. The van der Waals surface area contributed by atoms with Crippen LogP contribution >= 0.6 is 12.2 Å². The maximum absolute atomic E-state index is 13.2. The van der Waals surface area contributed by atoms with Gasteiger partial charge in [-0.25, -0.2) is 4.39 Å². The Balaban J connectivity index is 2.48. The third-order valence-electron chi connectivity index (χ3n) is 2.65. The number of nitrogens with zero attached hydrogens (tertiary/aromatic N) is 1. The summed E-state index contributed by atoms with van der Waals surface area (Å²) in [6, 6.07) is 1.69. The zero-order chi connectivity index (χ0) is 14.4. The Bertz CT molecular complexity index is 558. The van der Waals surface area contributed by atoms with Gasteiger partial charge in [-0.15, -0.1) is 0 Å². The Morgan fingerprint density at radius 3 is 2.47 bits per heavy atom. The van der Waals surface area contributed by atoms with Gasteiger partial charge in [-0.05, 0) is 37.3 Å². The van der Waals surface area contributed by atoms with Gasteiger partial charge in [-0.2, -0.15) is 13.2 Å². The van der Waals surface area contributed by atoms with Crippen molar-refractivity contribution in [3.8, 4) is 0 Å². The molecule has 102 valence electrons. The van der Waals surface area contributed by atoms with E-state index >= 15 is 0 Å². The molecule has 1 heterocycles. The molecular weight excluding hydrogens is 284 g/mol. The fraction of sp³-hybridized carbons (Fsp3) is 0.273. The first-order valence-electron chi connectivity index (χ1n) is 5.23. The smallest absolute Gasteiger partial charge is 0.350 e. The molecule has 1 saturated heterocycles. The van der Waals surface area contributed by atoms with Gasteiger partial charge < -0.3 is 5.32 Å². The highest BCUT2D eigenvalue weighted by atomic mass is 32.1. The van der Waals surface area contributed by atoms with Crippen molar-refractivity contribution >= 4 is 28.9 Å². The zero-order valence-electron chi connectivity index (χ0n) is 9.58. The second-order valence-electron chi connectivity index (χ2n) is 4.01. The van der Waals surface area contributed by atoms with Crippen LogP contribution in [0.15, 0.2) is 18.2 Å². The van der Waals surface area contributed by atoms with Crippen LogP contribution in [0.2, 0.25) is 0 Å². The van der Waals surface area contributed by atoms with Crippen molar-refractivity contribution in [1.82, 2.24) is 5.32 Å². The Morgan fingerprint density at radius 1 is 1.37 bits per heavy atom. The molecule has 1 unspecified atom stereocenters.